The molecule has 3 rings (SSSR count). The number of hydrogen-bond acceptors (Lipinski definition) is 2. The smallest absolute Gasteiger partial charge is 0.0337 e. The minimum Gasteiger partial charge on any atom is -0.313 e. The van der Waals surface area contributed by atoms with Crippen molar-refractivity contribution in [1.29, 1.82) is 0 Å². The molecular formula is C18H28N2. The van der Waals surface area contributed by atoms with Crippen molar-refractivity contribution in [3.8, 4) is 0 Å². The highest BCUT2D eigenvalue weighted by Crippen LogP contribution is 2.28. The van der Waals surface area contributed by atoms with Crippen LogP contribution in [0.25, 0.3) is 0 Å². The summed E-state index contributed by atoms with van der Waals surface area (Å²) < 4.78 is 0. The fourth-order valence-electron chi connectivity index (χ4n) is 3.77. The Kier molecular flexibility index (Phi) is 4.74. The molecule has 0 bridgehead atoms. The molecule has 1 aromatic rings. The maximum Gasteiger partial charge on any atom is 0.0337 e. The molecule has 2 N–H and O–H groups in total. The van der Waals surface area contributed by atoms with Crippen LogP contribution in [0, 0.1) is 5.92 Å². The minimum absolute atomic E-state index is 0.541. The van der Waals surface area contributed by atoms with Gasteiger partial charge in [0.2, 0.25) is 0 Å². The van der Waals surface area contributed by atoms with E-state index in [0.717, 1.165) is 25.0 Å². The molecule has 1 aliphatic heterocycles. The summed E-state index contributed by atoms with van der Waals surface area (Å²) in [5.74, 6) is 0.921. The Morgan fingerprint density at radius 2 is 1.95 bits per heavy atom. The Morgan fingerprint density at radius 1 is 1.05 bits per heavy atom. The zero-order valence-corrected chi connectivity index (χ0v) is 12.7. The first-order valence-corrected chi connectivity index (χ1v) is 8.37. The monoisotopic (exact) mass is 272 g/mol. The SMILES string of the molecule is CC1CCCC(NC2CCNCc3ccccc32)CC1. The predicted octanol–water partition coefficient (Wildman–Crippen LogP) is 3.78. The molecule has 3 atom stereocenters. The Morgan fingerprint density at radius 3 is 2.90 bits per heavy atom. The molecule has 1 fully saturated rings. The first-order valence-electron chi connectivity index (χ1n) is 8.37. The van der Waals surface area contributed by atoms with Crippen molar-refractivity contribution in [2.24, 2.45) is 5.92 Å². The molecule has 0 aromatic heterocycles. The van der Waals surface area contributed by atoms with Gasteiger partial charge in [0, 0.05) is 18.6 Å². The van der Waals surface area contributed by atoms with Gasteiger partial charge in [0.1, 0.15) is 0 Å². The van der Waals surface area contributed by atoms with E-state index in [4.69, 9.17) is 0 Å². The van der Waals surface area contributed by atoms with Crippen LogP contribution in [0.2, 0.25) is 0 Å². The topological polar surface area (TPSA) is 24.1 Å². The van der Waals surface area contributed by atoms with Crippen LogP contribution in [0.5, 0.6) is 0 Å². The van der Waals surface area contributed by atoms with Gasteiger partial charge in [-0.15, -0.1) is 0 Å². The van der Waals surface area contributed by atoms with Crippen LogP contribution in [-0.4, -0.2) is 12.6 Å². The Labute approximate surface area is 123 Å². The molecule has 110 valence electrons. The lowest BCUT2D eigenvalue weighted by molar-refractivity contribution is 0.381. The van der Waals surface area contributed by atoms with E-state index in [2.05, 4.69) is 41.8 Å². The molecule has 0 amide bonds. The highest BCUT2D eigenvalue weighted by molar-refractivity contribution is 5.31. The fourth-order valence-corrected chi connectivity index (χ4v) is 3.77. The minimum atomic E-state index is 0.541. The zero-order chi connectivity index (χ0) is 13.8. The summed E-state index contributed by atoms with van der Waals surface area (Å²) in [4.78, 5) is 0. The van der Waals surface area contributed by atoms with Gasteiger partial charge in [-0.25, -0.2) is 0 Å². The van der Waals surface area contributed by atoms with Crippen molar-refractivity contribution in [1.82, 2.24) is 10.6 Å². The second-order valence-corrected chi connectivity index (χ2v) is 6.69. The molecule has 20 heavy (non-hydrogen) atoms. The quantitative estimate of drug-likeness (QED) is 0.801. The molecule has 1 aliphatic carbocycles. The molecule has 2 nitrogen and oxygen atoms in total. The summed E-state index contributed by atoms with van der Waals surface area (Å²) >= 11 is 0. The molecule has 1 saturated carbocycles. The summed E-state index contributed by atoms with van der Waals surface area (Å²) in [6.45, 7) is 4.55. The normalized spacial score (nSPS) is 31.1. The van der Waals surface area contributed by atoms with Gasteiger partial charge in [0.05, 0.1) is 0 Å². The number of hydrogen-bond donors (Lipinski definition) is 2. The average molecular weight is 272 g/mol. The highest BCUT2D eigenvalue weighted by Gasteiger charge is 2.22. The summed E-state index contributed by atoms with van der Waals surface area (Å²) in [5, 5.41) is 7.52. The standard InChI is InChI=1S/C18H28N2/c1-14-5-4-7-16(10-9-14)20-18-11-12-19-13-15-6-2-3-8-17(15)18/h2-3,6,8,14,16,18-20H,4-5,7,9-13H2,1H3. The number of benzene rings is 1. The largest absolute Gasteiger partial charge is 0.313 e. The number of fused-ring (bicyclic) bond motifs is 1. The van der Waals surface area contributed by atoms with E-state index in [1.54, 1.807) is 0 Å². The van der Waals surface area contributed by atoms with E-state index in [0.29, 0.717) is 6.04 Å². The Hall–Kier alpha value is -0.860. The van der Waals surface area contributed by atoms with Gasteiger partial charge < -0.3 is 10.6 Å². The third-order valence-corrected chi connectivity index (χ3v) is 5.05. The zero-order valence-electron chi connectivity index (χ0n) is 12.7. The number of rotatable bonds is 2. The lowest BCUT2D eigenvalue weighted by atomic mass is 9.97. The molecule has 0 radical (unpaired) electrons. The van der Waals surface area contributed by atoms with Crippen molar-refractivity contribution >= 4 is 0 Å². The van der Waals surface area contributed by atoms with E-state index < -0.39 is 0 Å². The van der Waals surface area contributed by atoms with Crippen LogP contribution in [0.15, 0.2) is 24.3 Å². The summed E-state index contributed by atoms with van der Waals surface area (Å²) in [6, 6.07) is 10.2. The van der Waals surface area contributed by atoms with Gasteiger partial charge in [0.25, 0.3) is 0 Å². The van der Waals surface area contributed by atoms with Gasteiger partial charge in [-0.3, -0.25) is 0 Å². The van der Waals surface area contributed by atoms with Crippen LogP contribution in [0.3, 0.4) is 0 Å². The van der Waals surface area contributed by atoms with Gasteiger partial charge in [-0.2, -0.15) is 0 Å². The molecule has 3 unspecified atom stereocenters. The maximum atomic E-state index is 3.97. The summed E-state index contributed by atoms with van der Waals surface area (Å²) in [7, 11) is 0. The van der Waals surface area contributed by atoms with Crippen molar-refractivity contribution in [2.75, 3.05) is 6.54 Å². The first kappa shape index (κ1) is 14.1. The molecule has 0 saturated heterocycles. The lowest BCUT2D eigenvalue weighted by Crippen LogP contribution is -2.33. The molecule has 2 aliphatic rings. The molecule has 1 heterocycles. The Balaban J connectivity index is 1.70. The van der Waals surface area contributed by atoms with Gasteiger partial charge in [-0.1, -0.05) is 44.0 Å². The van der Waals surface area contributed by atoms with E-state index in [9.17, 15) is 0 Å². The molecule has 1 aromatic carbocycles. The van der Waals surface area contributed by atoms with E-state index in [-0.39, 0.29) is 0 Å². The fraction of sp³-hybridized carbons (Fsp3) is 0.667. The lowest BCUT2D eigenvalue weighted by Gasteiger charge is -2.25. The third-order valence-electron chi connectivity index (χ3n) is 5.05. The summed E-state index contributed by atoms with van der Waals surface area (Å²) in [6.07, 6.45) is 8.13. The van der Waals surface area contributed by atoms with Crippen molar-refractivity contribution in [3.63, 3.8) is 0 Å². The molecule has 2 heteroatoms. The Bertz CT molecular complexity index is 429. The number of nitrogens with one attached hydrogen (secondary N) is 2. The van der Waals surface area contributed by atoms with Crippen LogP contribution in [0.1, 0.15) is 62.6 Å². The van der Waals surface area contributed by atoms with Crippen LogP contribution >= 0.6 is 0 Å². The second-order valence-electron chi connectivity index (χ2n) is 6.69. The van der Waals surface area contributed by atoms with Gasteiger partial charge >= 0.3 is 0 Å². The van der Waals surface area contributed by atoms with Crippen LogP contribution < -0.4 is 10.6 Å². The van der Waals surface area contributed by atoms with E-state index in [1.807, 2.05) is 0 Å². The van der Waals surface area contributed by atoms with E-state index in [1.165, 1.54) is 49.7 Å². The van der Waals surface area contributed by atoms with Crippen molar-refractivity contribution < 1.29 is 0 Å². The van der Waals surface area contributed by atoms with Gasteiger partial charge in [0.15, 0.2) is 0 Å². The van der Waals surface area contributed by atoms with Crippen LogP contribution in [-0.2, 0) is 6.54 Å². The average Bonchev–Trinajstić information content (AvgIpc) is 2.79. The molecular weight excluding hydrogens is 244 g/mol. The predicted molar refractivity (Wildman–Crippen MR) is 84.7 cm³/mol. The highest BCUT2D eigenvalue weighted by atomic mass is 15.0. The summed E-state index contributed by atoms with van der Waals surface area (Å²) in [5.41, 5.74) is 3.00. The van der Waals surface area contributed by atoms with Crippen LogP contribution in [0.4, 0.5) is 0 Å². The molecule has 0 spiro atoms. The van der Waals surface area contributed by atoms with Gasteiger partial charge in [-0.05, 0) is 49.3 Å². The van der Waals surface area contributed by atoms with Crippen molar-refractivity contribution in [2.45, 2.75) is 64.1 Å². The maximum absolute atomic E-state index is 3.97. The van der Waals surface area contributed by atoms with Crippen molar-refractivity contribution in [3.05, 3.63) is 35.4 Å². The van der Waals surface area contributed by atoms with E-state index >= 15 is 0 Å². The second kappa shape index (κ2) is 6.73. The third kappa shape index (κ3) is 3.42. The first-order chi connectivity index (χ1) is 9.83.